The Bertz CT molecular complexity index is 1390. The van der Waals surface area contributed by atoms with Gasteiger partial charge >= 0.3 is 0 Å². The van der Waals surface area contributed by atoms with E-state index in [2.05, 4.69) is 20.5 Å². The number of carbonyl (C=O) groups excluding carboxylic acids is 1. The van der Waals surface area contributed by atoms with Gasteiger partial charge in [0.05, 0.1) is 15.6 Å². The second kappa shape index (κ2) is 6.96. The molecule has 2 heterocycles. The number of benzene rings is 3. The van der Waals surface area contributed by atoms with Crippen LogP contribution in [0.3, 0.4) is 0 Å². The molecule has 0 aliphatic heterocycles. The van der Waals surface area contributed by atoms with Crippen LogP contribution in [0.1, 0.15) is 10.5 Å². The Morgan fingerprint density at radius 2 is 1.62 bits per heavy atom. The number of fused-ring (bicyclic) bond motifs is 2. The molecule has 2 N–H and O–H groups in total. The lowest BCUT2D eigenvalue weighted by Gasteiger charge is -2.07. The Labute approximate surface area is 168 Å². The fourth-order valence-corrected chi connectivity index (χ4v) is 4.14. The quantitative estimate of drug-likeness (QED) is 0.470. The summed E-state index contributed by atoms with van der Waals surface area (Å²) in [5, 5.41) is 11.0. The number of carbonyl (C=O) groups is 1. The smallest absolute Gasteiger partial charge is 0.276 e. The van der Waals surface area contributed by atoms with Gasteiger partial charge in [-0.1, -0.05) is 30.3 Å². The van der Waals surface area contributed by atoms with Gasteiger partial charge in [0, 0.05) is 16.6 Å². The second-order valence-electron chi connectivity index (χ2n) is 6.47. The molecule has 0 spiro atoms. The van der Waals surface area contributed by atoms with Gasteiger partial charge in [-0.05, 0) is 42.5 Å². The highest BCUT2D eigenvalue weighted by atomic mass is 32.1. The molecule has 6 nitrogen and oxygen atoms in total. The monoisotopic (exact) mass is 398 g/mol. The molecule has 0 unspecified atom stereocenters. The van der Waals surface area contributed by atoms with Crippen LogP contribution in [0.5, 0.6) is 0 Å². The van der Waals surface area contributed by atoms with Crippen LogP contribution < -0.4 is 10.9 Å². The van der Waals surface area contributed by atoms with Crippen molar-refractivity contribution in [3.05, 3.63) is 88.8 Å². The van der Waals surface area contributed by atoms with E-state index in [0.717, 1.165) is 20.8 Å². The molecule has 0 saturated carbocycles. The van der Waals surface area contributed by atoms with Gasteiger partial charge in [0.2, 0.25) is 0 Å². The Morgan fingerprint density at radius 1 is 0.897 bits per heavy atom. The number of para-hydroxylation sites is 1. The van der Waals surface area contributed by atoms with E-state index in [-0.39, 0.29) is 17.2 Å². The van der Waals surface area contributed by atoms with Crippen LogP contribution in [0.15, 0.2) is 77.6 Å². The molecule has 1 amide bonds. The third kappa shape index (κ3) is 3.17. The standard InChI is InChI=1S/C22H14N4O2S/c27-20-16-6-2-1-5-15(16)19(25-26-20)21(28)23-14-11-9-13(10-12-14)22-24-17-7-3-4-8-18(17)29-22/h1-12H,(H,23,28)(H,26,27). The van der Waals surface area contributed by atoms with E-state index < -0.39 is 0 Å². The minimum Gasteiger partial charge on any atom is -0.321 e. The number of nitrogens with one attached hydrogen (secondary N) is 2. The largest absolute Gasteiger partial charge is 0.321 e. The zero-order chi connectivity index (χ0) is 19.8. The van der Waals surface area contributed by atoms with E-state index in [1.54, 1.807) is 35.6 Å². The molecule has 0 bridgehead atoms. The zero-order valence-corrected chi connectivity index (χ0v) is 15.9. The van der Waals surface area contributed by atoms with Crippen molar-refractivity contribution in [2.24, 2.45) is 0 Å². The maximum atomic E-state index is 12.7. The van der Waals surface area contributed by atoms with Crippen LogP contribution >= 0.6 is 11.3 Å². The number of aromatic amines is 1. The average Bonchev–Trinajstić information content (AvgIpc) is 3.19. The molecule has 29 heavy (non-hydrogen) atoms. The van der Waals surface area contributed by atoms with Crippen molar-refractivity contribution in [2.45, 2.75) is 0 Å². The number of anilines is 1. The lowest BCUT2D eigenvalue weighted by Crippen LogP contribution is -2.19. The predicted molar refractivity (Wildman–Crippen MR) is 115 cm³/mol. The van der Waals surface area contributed by atoms with Crippen LogP contribution in [-0.4, -0.2) is 21.1 Å². The van der Waals surface area contributed by atoms with Crippen molar-refractivity contribution in [3.8, 4) is 10.6 Å². The molecule has 5 rings (SSSR count). The Morgan fingerprint density at radius 3 is 2.41 bits per heavy atom. The topological polar surface area (TPSA) is 87.7 Å². The van der Waals surface area contributed by atoms with Crippen molar-refractivity contribution < 1.29 is 4.79 Å². The average molecular weight is 398 g/mol. The first-order valence-electron chi connectivity index (χ1n) is 8.94. The Balaban J connectivity index is 1.42. The molecule has 0 atom stereocenters. The maximum Gasteiger partial charge on any atom is 0.276 e. The van der Waals surface area contributed by atoms with Crippen LogP contribution in [0, 0.1) is 0 Å². The zero-order valence-electron chi connectivity index (χ0n) is 15.0. The summed E-state index contributed by atoms with van der Waals surface area (Å²) in [4.78, 5) is 29.3. The minimum absolute atomic E-state index is 0.176. The highest BCUT2D eigenvalue weighted by Crippen LogP contribution is 2.30. The SMILES string of the molecule is O=C(Nc1ccc(-c2nc3ccccc3s2)cc1)c1n[nH]c(=O)c2ccccc12. The van der Waals surface area contributed by atoms with Crippen molar-refractivity contribution in [3.63, 3.8) is 0 Å². The van der Waals surface area contributed by atoms with E-state index in [1.807, 2.05) is 48.5 Å². The molecular weight excluding hydrogens is 384 g/mol. The normalized spacial score (nSPS) is 11.0. The Kier molecular flexibility index (Phi) is 4.14. The third-order valence-corrected chi connectivity index (χ3v) is 5.68. The number of aromatic nitrogens is 3. The lowest BCUT2D eigenvalue weighted by molar-refractivity contribution is 0.102. The second-order valence-corrected chi connectivity index (χ2v) is 7.50. The van der Waals surface area contributed by atoms with Crippen molar-refractivity contribution >= 4 is 43.9 Å². The number of rotatable bonds is 3. The number of hydrogen-bond acceptors (Lipinski definition) is 5. The first-order valence-corrected chi connectivity index (χ1v) is 9.75. The van der Waals surface area contributed by atoms with E-state index >= 15 is 0 Å². The summed E-state index contributed by atoms with van der Waals surface area (Å²) in [6.07, 6.45) is 0. The van der Waals surface area contributed by atoms with Gasteiger partial charge in [0.25, 0.3) is 11.5 Å². The van der Waals surface area contributed by atoms with Gasteiger partial charge in [-0.15, -0.1) is 11.3 Å². The van der Waals surface area contributed by atoms with E-state index in [4.69, 9.17) is 0 Å². The maximum absolute atomic E-state index is 12.7. The van der Waals surface area contributed by atoms with Gasteiger partial charge in [-0.3, -0.25) is 9.59 Å². The summed E-state index contributed by atoms with van der Waals surface area (Å²) in [5.41, 5.74) is 2.45. The van der Waals surface area contributed by atoms with Crippen molar-refractivity contribution in [2.75, 3.05) is 5.32 Å². The summed E-state index contributed by atoms with van der Waals surface area (Å²) >= 11 is 1.63. The van der Waals surface area contributed by atoms with E-state index in [1.165, 1.54) is 0 Å². The number of nitrogens with zero attached hydrogens (tertiary/aromatic N) is 2. The summed E-state index contributed by atoms with van der Waals surface area (Å²) in [5.74, 6) is -0.384. The molecule has 2 aromatic heterocycles. The number of H-pyrrole nitrogens is 1. The van der Waals surface area contributed by atoms with Gasteiger partial charge in [-0.25, -0.2) is 10.1 Å². The molecular formula is C22H14N4O2S. The fraction of sp³-hybridized carbons (Fsp3) is 0. The molecule has 0 radical (unpaired) electrons. The third-order valence-electron chi connectivity index (χ3n) is 4.59. The predicted octanol–water partition coefficient (Wildman–Crippen LogP) is 4.45. The molecule has 0 saturated heterocycles. The fourth-order valence-electron chi connectivity index (χ4n) is 3.17. The molecule has 0 fully saturated rings. The van der Waals surface area contributed by atoms with E-state index in [9.17, 15) is 9.59 Å². The van der Waals surface area contributed by atoms with Gasteiger partial charge in [0.15, 0.2) is 5.69 Å². The lowest BCUT2D eigenvalue weighted by atomic mass is 10.1. The molecule has 140 valence electrons. The Hall–Kier alpha value is -3.84. The molecule has 5 aromatic rings. The van der Waals surface area contributed by atoms with Crippen LogP contribution in [0.25, 0.3) is 31.6 Å². The highest BCUT2D eigenvalue weighted by Gasteiger charge is 2.14. The van der Waals surface area contributed by atoms with Crippen LogP contribution in [0.2, 0.25) is 0 Å². The number of thiazole rings is 1. The van der Waals surface area contributed by atoms with E-state index in [0.29, 0.717) is 16.5 Å². The summed E-state index contributed by atoms with van der Waals surface area (Å²) in [7, 11) is 0. The van der Waals surface area contributed by atoms with Gasteiger partial charge in [0.1, 0.15) is 5.01 Å². The van der Waals surface area contributed by atoms with Crippen molar-refractivity contribution in [1.82, 2.24) is 15.2 Å². The molecule has 0 aliphatic carbocycles. The van der Waals surface area contributed by atoms with Gasteiger partial charge < -0.3 is 5.32 Å². The highest BCUT2D eigenvalue weighted by molar-refractivity contribution is 7.21. The minimum atomic E-state index is -0.384. The van der Waals surface area contributed by atoms with Crippen LogP contribution in [0.4, 0.5) is 5.69 Å². The first kappa shape index (κ1) is 17.3. The van der Waals surface area contributed by atoms with Gasteiger partial charge in [-0.2, -0.15) is 5.10 Å². The van der Waals surface area contributed by atoms with Crippen molar-refractivity contribution in [1.29, 1.82) is 0 Å². The number of amides is 1. The summed E-state index contributed by atoms with van der Waals surface area (Å²) < 4.78 is 1.14. The van der Waals surface area contributed by atoms with Crippen LogP contribution in [-0.2, 0) is 0 Å². The summed E-state index contributed by atoms with van der Waals surface area (Å²) in [6, 6.07) is 22.4. The molecule has 0 aliphatic rings. The molecule has 3 aromatic carbocycles. The first-order chi connectivity index (χ1) is 14.2. The molecule has 7 heteroatoms. The summed E-state index contributed by atoms with van der Waals surface area (Å²) in [6.45, 7) is 0. The number of hydrogen-bond donors (Lipinski definition) is 2.